The Labute approximate surface area is 144 Å². The Morgan fingerprint density at radius 1 is 1.12 bits per heavy atom. The molecule has 1 aromatic carbocycles. The van der Waals surface area contributed by atoms with Crippen molar-refractivity contribution in [1.29, 1.82) is 0 Å². The van der Waals surface area contributed by atoms with Crippen LogP contribution in [0, 0.1) is 13.8 Å². The number of ether oxygens (including phenoxy) is 1. The summed E-state index contributed by atoms with van der Waals surface area (Å²) in [5, 5.41) is 7.31. The molecule has 1 heterocycles. The van der Waals surface area contributed by atoms with E-state index in [1.54, 1.807) is 0 Å². The summed E-state index contributed by atoms with van der Waals surface area (Å²) in [5.41, 5.74) is 2.79. The molecule has 2 rings (SSSR count). The van der Waals surface area contributed by atoms with E-state index >= 15 is 0 Å². The van der Waals surface area contributed by atoms with Crippen molar-refractivity contribution in [1.82, 2.24) is 10.6 Å². The van der Waals surface area contributed by atoms with Crippen molar-refractivity contribution in [2.24, 2.45) is 0 Å². The molecule has 136 valence electrons. The van der Waals surface area contributed by atoms with E-state index in [9.17, 15) is 8.78 Å². The number of benzene rings is 1. The number of aryl methyl sites for hydroxylation is 2. The van der Waals surface area contributed by atoms with Crippen LogP contribution in [0.15, 0.2) is 12.1 Å². The summed E-state index contributed by atoms with van der Waals surface area (Å²) in [6, 6.07) is 4.28. The lowest BCUT2D eigenvalue weighted by molar-refractivity contribution is -0.0507. The number of rotatable bonds is 5. The number of alkyl halides is 2. The number of nitrogens with one attached hydrogen (secondary N) is 2. The quantitative estimate of drug-likeness (QED) is 0.838. The average molecular weight is 340 g/mol. The van der Waals surface area contributed by atoms with Crippen LogP contribution in [0.3, 0.4) is 0 Å². The van der Waals surface area contributed by atoms with Gasteiger partial charge in [-0.05, 0) is 71.1 Å². The van der Waals surface area contributed by atoms with Gasteiger partial charge < -0.3 is 15.4 Å². The third-order valence-electron chi connectivity index (χ3n) is 4.51. The summed E-state index contributed by atoms with van der Waals surface area (Å²) in [4.78, 5) is 0. The normalized spacial score (nSPS) is 20.4. The zero-order chi connectivity index (χ0) is 18.1. The SMILES string of the molecule is Cc1cc(CNC2CC(C)(C)NC(C)(C)C2)cc(C)c1OC(F)F. The number of hydrogen-bond donors (Lipinski definition) is 2. The smallest absolute Gasteiger partial charge is 0.387 e. The molecule has 1 aliphatic heterocycles. The van der Waals surface area contributed by atoms with Crippen LogP contribution in [0.2, 0.25) is 0 Å². The molecule has 0 saturated carbocycles. The molecule has 24 heavy (non-hydrogen) atoms. The van der Waals surface area contributed by atoms with Gasteiger partial charge in [0.1, 0.15) is 5.75 Å². The molecule has 0 amide bonds. The summed E-state index contributed by atoms with van der Waals surface area (Å²) >= 11 is 0. The maximum absolute atomic E-state index is 12.5. The van der Waals surface area contributed by atoms with Crippen molar-refractivity contribution < 1.29 is 13.5 Å². The van der Waals surface area contributed by atoms with Crippen molar-refractivity contribution in [3.05, 3.63) is 28.8 Å². The van der Waals surface area contributed by atoms with E-state index in [1.807, 2.05) is 26.0 Å². The fraction of sp³-hybridized carbons (Fsp3) is 0.684. The average Bonchev–Trinajstić information content (AvgIpc) is 2.37. The summed E-state index contributed by atoms with van der Waals surface area (Å²) in [6.07, 6.45) is 2.11. The molecule has 0 radical (unpaired) electrons. The molecule has 1 aliphatic rings. The van der Waals surface area contributed by atoms with Crippen molar-refractivity contribution >= 4 is 0 Å². The molecular weight excluding hydrogens is 310 g/mol. The summed E-state index contributed by atoms with van der Waals surface area (Å²) in [7, 11) is 0. The molecule has 0 bridgehead atoms. The van der Waals surface area contributed by atoms with Crippen molar-refractivity contribution in [2.75, 3.05) is 0 Å². The first-order valence-electron chi connectivity index (χ1n) is 8.55. The van der Waals surface area contributed by atoms with E-state index in [-0.39, 0.29) is 16.8 Å². The van der Waals surface area contributed by atoms with E-state index < -0.39 is 6.61 Å². The Morgan fingerprint density at radius 2 is 1.62 bits per heavy atom. The van der Waals surface area contributed by atoms with Crippen molar-refractivity contribution in [3.63, 3.8) is 0 Å². The zero-order valence-corrected chi connectivity index (χ0v) is 15.6. The van der Waals surface area contributed by atoms with Gasteiger partial charge in [0.15, 0.2) is 0 Å². The summed E-state index contributed by atoms with van der Waals surface area (Å²) in [5.74, 6) is 0.290. The van der Waals surface area contributed by atoms with Gasteiger partial charge in [-0.2, -0.15) is 8.78 Å². The number of halogens is 2. The first-order chi connectivity index (χ1) is 11.0. The van der Waals surface area contributed by atoms with Crippen LogP contribution in [0.25, 0.3) is 0 Å². The zero-order valence-electron chi connectivity index (χ0n) is 15.6. The summed E-state index contributed by atoms with van der Waals surface area (Å²) in [6.45, 7) is 10.5. The lowest BCUT2D eigenvalue weighted by Gasteiger charge is -2.46. The minimum Gasteiger partial charge on any atom is -0.434 e. The van der Waals surface area contributed by atoms with Crippen LogP contribution in [0.4, 0.5) is 8.78 Å². The minimum absolute atomic E-state index is 0.0974. The van der Waals surface area contributed by atoms with Gasteiger partial charge >= 0.3 is 6.61 Å². The van der Waals surface area contributed by atoms with E-state index in [4.69, 9.17) is 0 Å². The predicted molar refractivity (Wildman–Crippen MR) is 93.7 cm³/mol. The lowest BCUT2D eigenvalue weighted by atomic mass is 9.79. The van der Waals surface area contributed by atoms with Gasteiger partial charge in [0.05, 0.1) is 0 Å². The van der Waals surface area contributed by atoms with Crippen LogP contribution in [0.5, 0.6) is 5.75 Å². The molecule has 0 aliphatic carbocycles. The molecule has 0 spiro atoms. The molecular formula is C19H30F2N2O. The van der Waals surface area contributed by atoms with Crippen LogP contribution >= 0.6 is 0 Å². The van der Waals surface area contributed by atoms with E-state index in [0.29, 0.717) is 6.04 Å². The molecule has 0 unspecified atom stereocenters. The Bertz CT molecular complexity index is 546. The highest BCUT2D eigenvalue weighted by Gasteiger charge is 2.37. The van der Waals surface area contributed by atoms with Gasteiger partial charge in [0, 0.05) is 23.7 Å². The Hall–Kier alpha value is -1.20. The first kappa shape index (κ1) is 19.1. The van der Waals surface area contributed by atoms with Crippen molar-refractivity contribution in [2.45, 2.75) is 84.7 Å². The molecule has 1 fully saturated rings. The highest BCUT2D eigenvalue weighted by Crippen LogP contribution is 2.30. The van der Waals surface area contributed by atoms with Gasteiger partial charge in [0.25, 0.3) is 0 Å². The van der Waals surface area contributed by atoms with Gasteiger partial charge in [-0.15, -0.1) is 0 Å². The van der Waals surface area contributed by atoms with Gasteiger partial charge in [-0.1, -0.05) is 12.1 Å². The van der Waals surface area contributed by atoms with E-state index in [1.165, 1.54) is 0 Å². The lowest BCUT2D eigenvalue weighted by Crippen LogP contribution is -2.61. The fourth-order valence-electron chi connectivity index (χ4n) is 4.15. The standard InChI is InChI=1S/C19H30F2N2O/c1-12-7-14(8-13(2)16(12)24-17(20)21)11-22-15-9-18(3,4)23-19(5,6)10-15/h7-8,15,17,22-23H,9-11H2,1-6H3. The highest BCUT2D eigenvalue weighted by atomic mass is 19.3. The van der Waals surface area contributed by atoms with Gasteiger partial charge in [-0.3, -0.25) is 0 Å². The maximum atomic E-state index is 12.5. The largest absolute Gasteiger partial charge is 0.434 e. The second kappa shape index (κ2) is 6.96. The minimum atomic E-state index is -2.79. The monoisotopic (exact) mass is 340 g/mol. The maximum Gasteiger partial charge on any atom is 0.387 e. The molecule has 1 saturated heterocycles. The Kier molecular flexibility index (Phi) is 5.55. The highest BCUT2D eigenvalue weighted by molar-refractivity contribution is 5.43. The molecule has 3 nitrogen and oxygen atoms in total. The second-order valence-corrected chi connectivity index (χ2v) is 8.32. The molecule has 1 aromatic rings. The van der Waals surface area contributed by atoms with Crippen LogP contribution in [0.1, 0.15) is 57.2 Å². The molecule has 2 N–H and O–H groups in total. The number of hydrogen-bond acceptors (Lipinski definition) is 3. The summed E-state index contributed by atoms with van der Waals surface area (Å²) < 4.78 is 29.6. The Morgan fingerprint density at radius 3 is 2.08 bits per heavy atom. The Balaban J connectivity index is 2.04. The van der Waals surface area contributed by atoms with Crippen molar-refractivity contribution in [3.8, 4) is 5.75 Å². The first-order valence-corrected chi connectivity index (χ1v) is 8.55. The fourth-order valence-corrected chi connectivity index (χ4v) is 4.15. The van der Waals surface area contributed by atoms with Gasteiger partial charge in [-0.25, -0.2) is 0 Å². The second-order valence-electron chi connectivity index (χ2n) is 8.32. The van der Waals surface area contributed by atoms with E-state index in [2.05, 4.69) is 43.1 Å². The van der Waals surface area contributed by atoms with Crippen LogP contribution in [-0.2, 0) is 6.54 Å². The topological polar surface area (TPSA) is 33.3 Å². The third kappa shape index (κ3) is 5.15. The van der Waals surface area contributed by atoms with Crippen LogP contribution < -0.4 is 15.4 Å². The molecule has 5 heteroatoms. The number of piperidine rings is 1. The van der Waals surface area contributed by atoms with Crippen LogP contribution in [-0.4, -0.2) is 23.7 Å². The van der Waals surface area contributed by atoms with Gasteiger partial charge in [0.2, 0.25) is 0 Å². The molecule has 0 aromatic heterocycles. The third-order valence-corrected chi connectivity index (χ3v) is 4.51. The van der Waals surface area contributed by atoms with E-state index in [0.717, 1.165) is 36.1 Å². The predicted octanol–water partition coefficient (Wildman–Crippen LogP) is 4.30. The molecule has 0 atom stereocenters.